The van der Waals surface area contributed by atoms with Gasteiger partial charge in [0.2, 0.25) is 0 Å². The van der Waals surface area contributed by atoms with Gasteiger partial charge in [0.05, 0.1) is 12.2 Å². The number of aromatic nitrogens is 2. The molecule has 1 saturated carbocycles. The van der Waals surface area contributed by atoms with Crippen molar-refractivity contribution in [1.82, 2.24) is 9.78 Å². The van der Waals surface area contributed by atoms with E-state index >= 15 is 0 Å². The Hall–Kier alpha value is -0.840. The van der Waals surface area contributed by atoms with Gasteiger partial charge in [-0.05, 0) is 28.8 Å². The number of nitrogens with zero attached hydrogens (tertiary/aromatic N) is 2. The van der Waals surface area contributed by atoms with Gasteiger partial charge in [0.1, 0.15) is 10.2 Å². The van der Waals surface area contributed by atoms with Crippen molar-refractivity contribution in [1.29, 1.82) is 0 Å². The van der Waals surface area contributed by atoms with Gasteiger partial charge >= 0.3 is 5.97 Å². The number of hydrogen-bond donors (Lipinski definition) is 1. The standard InChI is InChI=1S/C10H13BrN2O2/c11-9-8(10(14)15)6-12-13(9)7-4-2-1-3-5-7/h6-7H,1-5H2,(H,14,15). The van der Waals surface area contributed by atoms with Crippen molar-refractivity contribution >= 4 is 21.9 Å². The van der Waals surface area contributed by atoms with Crippen LogP contribution in [-0.2, 0) is 0 Å². The molecule has 0 atom stereocenters. The highest BCUT2D eigenvalue weighted by Crippen LogP contribution is 2.31. The van der Waals surface area contributed by atoms with E-state index in [0.717, 1.165) is 12.8 Å². The van der Waals surface area contributed by atoms with Crippen molar-refractivity contribution in [3.63, 3.8) is 0 Å². The molecule has 1 fully saturated rings. The molecule has 0 bridgehead atoms. The van der Waals surface area contributed by atoms with E-state index in [1.807, 2.05) is 4.68 Å². The van der Waals surface area contributed by atoms with Crippen LogP contribution < -0.4 is 0 Å². The number of aromatic carboxylic acids is 1. The molecule has 1 aromatic rings. The summed E-state index contributed by atoms with van der Waals surface area (Å²) < 4.78 is 2.41. The van der Waals surface area contributed by atoms with E-state index in [1.165, 1.54) is 25.5 Å². The first-order chi connectivity index (χ1) is 7.20. The van der Waals surface area contributed by atoms with Gasteiger partial charge in [0.15, 0.2) is 0 Å². The topological polar surface area (TPSA) is 55.1 Å². The maximum absolute atomic E-state index is 10.8. The summed E-state index contributed by atoms with van der Waals surface area (Å²) in [7, 11) is 0. The predicted octanol–water partition coefficient (Wildman–Crippen LogP) is 2.85. The highest BCUT2D eigenvalue weighted by Gasteiger charge is 2.21. The number of rotatable bonds is 2. The summed E-state index contributed by atoms with van der Waals surface area (Å²) in [6, 6.07) is 0.362. The monoisotopic (exact) mass is 272 g/mol. The molecule has 2 rings (SSSR count). The van der Waals surface area contributed by atoms with E-state index in [0.29, 0.717) is 10.6 Å². The molecule has 82 valence electrons. The zero-order valence-electron chi connectivity index (χ0n) is 8.32. The van der Waals surface area contributed by atoms with Crippen molar-refractivity contribution in [2.24, 2.45) is 0 Å². The summed E-state index contributed by atoms with van der Waals surface area (Å²) in [5.41, 5.74) is 0.251. The van der Waals surface area contributed by atoms with E-state index in [-0.39, 0.29) is 5.56 Å². The average Bonchev–Trinajstić information content (AvgIpc) is 2.61. The molecule has 5 heteroatoms. The van der Waals surface area contributed by atoms with Crippen LogP contribution in [0.3, 0.4) is 0 Å². The molecular formula is C10H13BrN2O2. The van der Waals surface area contributed by atoms with E-state index in [1.54, 1.807) is 0 Å². The van der Waals surface area contributed by atoms with Gasteiger partial charge in [-0.15, -0.1) is 0 Å². The SMILES string of the molecule is O=C(O)c1cnn(C2CCCCC2)c1Br. The van der Waals surface area contributed by atoms with Crippen LogP contribution in [0, 0.1) is 0 Å². The van der Waals surface area contributed by atoms with Gasteiger partial charge < -0.3 is 5.11 Å². The van der Waals surface area contributed by atoms with Crippen molar-refractivity contribution in [2.75, 3.05) is 0 Å². The molecule has 0 unspecified atom stereocenters. The summed E-state index contributed by atoms with van der Waals surface area (Å²) in [4.78, 5) is 10.8. The van der Waals surface area contributed by atoms with E-state index < -0.39 is 5.97 Å². The first kappa shape index (κ1) is 10.7. The second kappa shape index (κ2) is 4.35. The summed E-state index contributed by atoms with van der Waals surface area (Å²) in [5.74, 6) is -0.927. The minimum atomic E-state index is -0.927. The lowest BCUT2D eigenvalue weighted by Gasteiger charge is -2.22. The number of halogens is 1. The Balaban J connectivity index is 2.24. The Morgan fingerprint density at radius 3 is 2.67 bits per heavy atom. The molecule has 0 aliphatic heterocycles. The lowest BCUT2D eigenvalue weighted by atomic mass is 9.96. The molecule has 0 spiro atoms. The van der Waals surface area contributed by atoms with Gasteiger partial charge in [0, 0.05) is 0 Å². The van der Waals surface area contributed by atoms with E-state index in [4.69, 9.17) is 5.11 Å². The van der Waals surface area contributed by atoms with Crippen LogP contribution in [0.1, 0.15) is 48.5 Å². The summed E-state index contributed by atoms with van der Waals surface area (Å²) in [6.45, 7) is 0. The Bertz CT molecular complexity index is 369. The molecule has 1 aliphatic rings. The number of carbonyl (C=O) groups is 1. The molecule has 1 aliphatic carbocycles. The molecule has 4 nitrogen and oxygen atoms in total. The van der Waals surface area contributed by atoms with Crippen molar-refractivity contribution < 1.29 is 9.90 Å². The molecule has 1 N–H and O–H groups in total. The average molecular weight is 273 g/mol. The Kier molecular flexibility index (Phi) is 3.09. The van der Waals surface area contributed by atoms with Crippen LogP contribution in [0.2, 0.25) is 0 Å². The van der Waals surface area contributed by atoms with Crippen molar-refractivity contribution in [3.8, 4) is 0 Å². The van der Waals surface area contributed by atoms with Gasteiger partial charge in [-0.1, -0.05) is 19.3 Å². The molecule has 15 heavy (non-hydrogen) atoms. The van der Waals surface area contributed by atoms with Crippen molar-refractivity contribution in [2.45, 2.75) is 38.1 Å². The molecular weight excluding hydrogens is 260 g/mol. The molecule has 0 saturated heterocycles. The highest BCUT2D eigenvalue weighted by atomic mass is 79.9. The largest absolute Gasteiger partial charge is 0.478 e. The van der Waals surface area contributed by atoms with E-state index in [9.17, 15) is 4.79 Å². The second-order valence-corrected chi connectivity index (χ2v) is 4.64. The Morgan fingerprint density at radius 2 is 2.13 bits per heavy atom. The lowest BCUT2D eigenvalue weighted by molar-refractivity contribution is 0.0695. The maximum Gasteiger partial charge on any atom is 0.340 e. The van der Waals surface area contributed by atoms with Crippen LogP contribution in [-0.4, -0.2) is 20.9 Å². The zero-order valence-corrected chi connectivity index (χ0v) is 9.90. The Labute approximate surface area is 96.4 Å². The van der Waals surface area contributed by atoms with E-state index in [2.05, 4.69) is 21.0 Å². The normalized spacial score (nSPS) is 17.9. The fourth-order valence-corrected chi connectivity index (χ4v) is 2.72. The van der Waals surface area contributed by atoms with Gasteiger partial charge in [-0.2, -0.15) is 5.10 Å². The van der Waals surface area contributed by atoms with Crippen LogP contribution in [0.4, 0.5) is 0 Å². The fourth-order valence-electron chi connectivity index (χ4n) is 2.07. The Morgan fingerprint density at radius 1 is 1.47 bits per heavy atom. The minimum absolute atomic E-state index is 0.251. The van der Waals surface area contributed by atoms with Crippen molar-refractivity contribution in [3.05, 3.63) is 16.4 Å². The first-order valence-electron chi connectivity index (χ1n) is 5.16. The highest BCUT2D eigenvalue weighted by molar-refractivity contribution is 9.10. The lowest BCUT2D eigenvalue weighted by Crippen LogP contribution is -2.14. The number of carboxylic acids is 1. The van der Waals surface area contributed by atoms with Gasteiger partial charge in [-0.3, -0.25) is 4.68 Å². The molecule has 0 amide bonds. The third-order valence-corrected chi connectivity index (χ3v) is 3.68. The van der Waals surface area contributed by atoms with Gasteiger partial charge in [0.25, 0.3) is 0 Å². The third-order valence-electron chi connectivity index (χ3n) is 2.89. The molecule has 1 heterocycles. The predicted molar refractivity (Wildman–Crippen MR) is 59.0 cm³/mol. The number of carboxylic acid groups (broad SMARTS) is 1. The van der Waals surface area contributed by atoms with Crippen LogP contribution in [0.5, 0.6) is 0 Å². The molecule has 1 aromatic heterocycles. The summed E-state index contributed by atoms with van der Waals surface area (Å²) >= 11 is 3.31. The summed E-state index contributed by atoms with van der Waals surface area (Å²) in [6.07, 6.45) is 7.31. The quantitative estimate of drug-likeness (QED) is 0.901. The van der Waals surface area contributed by atoms with Crippen LogP contribution in [0.15, 0.2) is 10.8 Å². The van der Waals surface area contributed by atoms with Crippen LogP contribution >= 0.6 is 15.9 Å². The zero-order chi connectivity index (χ0) is 10.8. The van der Waals surface area contributed by atoms with Gasteiger partial charge in [-0.25, -0.2) is 4.79 Å². The second-order valence-electron chi connectivity index (χ2n) is 3.89. The maximum atomic E-state index is 10.8. The third kappa shape index (κ3) is 2.07. The number of hydrogen-bond acceptors (Lipinski definition) is 2. The van der Waals surface area contributed by atoms with Crippen LogP contribution in [0.25, 0.3) is 0 Å². The molecule has 0 radical (unpaired) electrons. The minimum Gasteiger partial charge on any atom is -0.478 e. The first-order valence-corrected chi connectivity index (χ1v) is 5.95. The fraction of sp³-hybridized carbons (Fsp3) is 0.600. The summed E-state index contributed by atoms with van der Waals surface area (Å²) in [5, 5.41) is 13.0. The smallest absolute Gasteiger partial charge is 0.340 e. The molecule has 0 aromatic carbocycles.